The molecule has 0 aromatic heterocycles. The number of nitrogens with zero attached hydrogens (tertiary/aromatic N) is 3. The minimum atomic E-state index is -3.93. The molecule has 1 aliphatic carbocycles. The molecule has 9 heteroatoms. The predicted molar refractivity (Wildman–Crippen MR) is 118 cm³/mol. The van der Waals surface area contributed by atoms with Crippen LogP contribution in [-0.2, 0) is 10.0 Å². The Morgan fingerprint density at radius 2 is 1.83 bits per heavy atom. The zero-order valence-electron chi connectivity index (χ0n) is 17.5. The highest BCUT2D eigenvalue weighted by Gasteiger charge is 2.33. The lowest BCUT2D eigenvalue weighted by Crippen LogP contribution is -2.36. The van der Waals surface area contributed by atoms with E-state index >= 15 is 0 Å². The van der Waals surface area contributed by atoms with Crippen LogP contribution in [0.4, 0.5) is 17.1 Å². The number of rotatable bonds is 10. The van der Waals surface area contributed by atoms with Crippen LogP contribution in [0.1, 0.15) is 19.8 Å². The van der Waals surface area contributed by atoms with Crippen LogP contribution in [0.5, 0.6) is 0 Å². The molecule has 30 heavy (non-hydrogen) atoms. The van der Waals surface area contributed by atoms with Gasteiger partial charge in [0.05, 0.1) is 15.5 Å². The van der Waals surface area contributed by atoms with Crippen molar-refractivity contribution < 1.29 is 13.3 Å². The van der Waals surface area contributed by atoms with Crippen molar-refractivity contribution in [2.45, 2.75) is 30.7 Å². The van der Waals surface area contributed by atoms with Gasteiger partial charge in [-0.05, 0) is 64.0 Å². The summed E-state index contributed by atoms with van der Waals surface area (Å²) in [6.07, 6.45) is 2.33. The van der Waals surface area contributed by atoms with Crippen LogP contribution in [0.2, 0.25) is 0 Å². The highest BCUT2D eigenvalue weighted by atomic mass is 32.2. The summed E-state index contributed by atoms with van der Waals surface area (Å²) in [7, 11) is 0.0631. The summed E-state index contributed by atoms with van der Waals surface area (Å²) in [4.78, 5) is 13.2. The van der Waals surface area contributed by atoms with Gasteiger partial charge in [-0.15, -0.1) is 0 Å². The fourth-order valence-corrected chi connectivity index (χ4v) is 5.15. The number of likely N-dealkylation sites (N-methyl/N-ethyl adjacent to an activating group) is 1. The third-order valence-corrected chi connectivity index (χ3v) is 7.32. The van der Waals surface area contributed by atoms with Crippen molar-refractivity contribution in [3.05, 3.63) is 58.6 Å². The van der Waals surface area contributed by atoms with E-state index in [0.29, 0.717) is 23.8 Å². The second kappa shape index (κ2) is 9.01. The molecule has 1 aliphatic rings. The number of para-hydroxylation sites is 1. The first kappa shape index (κ1) is 22.0. The molecule has 2 aromatic carbocycles. The van der Waals surface area contributed by atoms with Gasteiger partial charge in [-0.1, -0.05) is 18.2 Å². The Balaban J connectivity index is 1.89. The molecule has 0 aliphatic heterocycles. The van der Waals surface area contributed by atoms with Crippen molar-refractivity contribution in [1.82, 2.24) is 4.90 Å². The lowest BCUT2D eigenvalue weighted by atomic mass is 10.1. The van der Waals surface area contributed by atoms with E-state index in [4.69, 9.17) is 0 Å². The van der Waals surface area contributed by atoms with Gasteiger partial charge in [0.2, 0.25) is 0 Å². The first-order valence-electron chi connectivity index (χ1n) is 10.0. The van der Waals surface area contributed by atoms with Crippen LogP contribution in [0.3, 0.4) is 0 Å². The summed E-state index contributed by atoms with van der Waals surface area (Å²) < 4.78 is 27.6. The zero-order chi connectivity index (χ0) is 21.9. The van der Waals surface area contributed by atoms with Crippen molar-refractivity contribution in [2.24, 2.45) is 5.92 Å². The van der Waals surface area contributed by atoms with E-state index in [1.807, 2.05) is 14.1 Å². The third kappa shape index (κ3) is 4.73. The van der Waals surface area contributed by atoms with Crippen LogP contribution in [0, 0.1) is 16.0 Å². The molecule has 1 saturated carbocycles. The van der Waals surface area contributed by atoms with Crippen LogP contribution >= 0.6 is 0 Å². The Morgan fingerprint density at radius 3 is 2.37 bits per heavy atom. The first-order chi connectivity index (χ1) is 14.3. The summed E-state index contributed by atoms with van der Waals surface area (Å²) in [6, 6.07) is 13.1. The quantitative estimate of drug-likeness (QED) is 0.456. The molecular formula is C21H28N4O4S. The van der Waals surface area contributed by atoms with Gasteiger partial charge in [0.1, 0.15) is 5.69 Å². The number of benzene rings is 2. The minimum absolute atomic E-state index is 0.100. The Labute approximate surface area is 177 Å². The molecule has 162 valence electrons. The van der Waals surface area contributed by atoms with E-state index in [1.165, 1.54) is 16.4 Å². The average molecular weight is 433 g/mol. The van der Waals surface area contributed by atoms with E-state index < -0.39 is 14.9 Å². The monoisotopic (exact) mass is 432 g/mol. The molecule has 0 heterocycles. The number of nitro groups is 1. The maximum Gasteiger partial charge on any atom is 0.293 e. The maximum atomic E-state index is 13.2. The standard InChI is InChI=1S/C21H28N4O4S/c1-4-24(17-8-6-5-7-9-17)30(28,29)18-12-13-19(20(14-18)25(26)27)22-15-21(23(2)3)16-10-11-16/h5-9,12-14,16,21-22H,4,10-11,15H2,1-3H3. The highest BCUT2D eigenvalue weighted by Crippen LogP contribution is 2.36. The summed E-state index contributed by atoms with van der Waals surface area (Å²) in [5.41, 5.74) is 0.603. The molecular weight excluding hydrogens is 404 g/mol. The Hall–Kier alpha value is -2.65. The molecule has 0 amide bonds. The van der Waals surface area contributed by atoms with Gasteiger partial charge >= 0.3 is 0 Å². The summed E-state index contributed by atoms with van der Waals surface area (Å²) in [5.74, 6) is 0.593. The van der Waals surface area contributed by atoms with E-state index in [2.05, 4.69) is 10.2 Å². The molecule has 1 unspecified atom stereocenters. The topological polar surface area (TPSA) is 95.8 Å². The molecule has 1 atom stereocenters. The van der Waals surface area contributed by atoms with Gasteiger partial charge in [0, 0.05) is 25.2 Å². The summed E-state index contributed by atoms with van der Waals surface area (Å²) >= 11 is 0. The molecule has 0 radical (unpaired) electrons. The van der Waals surface area contributed by atoms with Crippen molar-refractivity contribution in [2.75, 3.05) is 36.8 Å². The molecule has 0 spiro atoms. The van der Waals surface area contributed by atoms with Gasteiger partial charge in [-0.25, -0.2) is 8.42 Å². The van der Waals surface area contributed by atoms with Crippen molar-refractivity contribution >= 4 is 27.1 Å². The van der Waals surface area contributed by atoms with Gasteiger partial charge < -0.3 is 10.2 Å². The van der Waals surface area contributed by atoms with Crippen molar-refractivity contribution in [3.63, 3.8) is 0 Å². The van der Waals surface area contributed by atoms with Gasteiger partial charge in [0.15, 0.2) is 0 Å². The number of hydrogen-bond acceptors (Lipinski definition) is 6. The molecule has 0 saturated heterocycles. The number of hydrogen-bond donors (Lipinski definition) is 1. The molecule has 3 rings (SSSR count). The number of nitrogens with one attached hydrogen (secondary N) is 1. The SMILES string of the molecule is CCN(c1ccccc1)S(=O)(=O)c1ccc(NCC(C2CC2)N(C)C)c([N+](=O)[O-])c1. The Morgan fingerprint density at radius 1 is 1.17 bits per heavy atom. The van der Waals surface area contributed by atoms with Gasteiger partial charge in [-0.2, -0.15) is 0 Å². The highest BCUT2D eigenvalue weighted by molar-refractivity contribution is 7.92. The van der Waals surface area contributed by atoms with Crippen LogP contribution < -0.4 is 9.62 Å². The van der Waals surface area contributed by atoms with Gasteiger partial charge in [-0.3, -0.25) is 14.4 Å². The third-order valence-electron chi connectivity index (χ3n) is 5.42. The zero-order valence-corrected chi connectivity index (χ0v) is 18.3. The second-order valence-corrected chi connectivity index (χ2v) is 9.55. The Bertz CT molecular complexity index is 989. The lowest BCUT2D eigenvalue weighted by Gasteiger charge is -2.25. The number of nitro benzene ring substituents is 1. The fraction of sp³-hybridized carbons (Fsp3) is 0.429. The molecule has 1 fully saturated rings. The number of anilines is 2. The fourth-order valence-electron chi connectivity index (χ4n) is 3.65. The second-order valence-electron chi connectivity index (χ2n) is 7.69. The minimum Gasteiger partial charge on any atom is -0.378 e. The molecule has 8 nitrogen and oxygen atoms in total. The van der Waals surface area contributed by atoms with E-state index in [0.717, 1.165) is 18.9 Å². The summed E-state index contributed by atoms with van der Waals surface area (Å²) in [6.45, 7) is 2.51. The van der Waals surface area contributed by atoms with Crippen LogP contribution in [0.15, 0.2) is 53.4 Å². The van der Waals surface area contributed by atoms with E-state index in [9.17, 15) is 18.5 Å². The van der Waals surface area contributed by atoms with E-state index in [-0.39, 0.29) is 23.2 Å². The largest absolute Gasteiger partial charge is 0.378 e. The van der Waals surface area contributed by atoms with Crippen LogP contribution in [-0.4, -0.2) is 51.5 Å². The Kier molecular flexibility index (Phi) is 6.62. The lowest BCUT2D eigenvalue weighted by molar-refractivity contribution is -0.384. The number of sulfonamides is 1. The first-order valence-corrected chi connectivity index (χ1v) is 11.5. The maximum absolute atomic E-state index is 13.2. The molecule has 1 N–H and O–H groups in total. The smallest absolute Gasteiger partial charge is 0.293 e. The van der Waals surface area contributed by atoms with E-state index in [1.54, 1.807) is 37.3 Å². The van der Waals surface area contributed by atoms with Crippen molar-refractivity contribution in [1.29, 1.82) is 0 Å². The van der Waals surface area contributed by atoms with Crippen LogP contribution in [0.25, 0.3) is 0 Å². The molecule has 0 bridgehead atoms. The predicted octanol–water partition coefficient (Wildman–Crippen LogP) is 3.56. The van der Waals surface area contributed by atoms with Crippen molar-refractivity contribution in [3.8, 4) is 0 Å². The molecule has 2 aromatic rings. The normalized spacial score (nSPS) is 15.1. The summed E-state index contributed by atoms with van der Waals surface area (Å²) in [5, 5.41) is 14.8. The van der Waals surface area contributed by atoms with Gasteiger partial charge in [0.25, 0.3) is 15.7 Å². The average Bonchev–Trinajstić information content (AvgIpc) is 3.54.